The van der Waals surface area contributed by atoms with Crippen molar-refractivity contribution in [1.29, 1.82) is 0 Å². The Balaban J connectivity index is 0.000000182. The Kier molecular flexibility index (Phi) is 4.55. The summed E-state index contributed by atoms with van der Waals surface area (Å²) in [7, 11) is 0. The molecule has 4 amide bonds. The summed E-state index contributed by atoms with van der Waals surface area (Å²) < 4.78 is 0. The van der Waals surface area contributed by atoms with E-state index in [0.717, 1.165) is 0 Å². The molecule has 2 spiro atoms. The van der Waals surface area contributed by atoms with E-state index in [-0.39, 0.29) is 40.9 Å². The number of β-lactam (4-membered cyclic amide) rings is 1. The van der Waals surface area contributed by atoms with Crippen LogP contribution < -0.4 is 32.7 Å². The molecule has 25 heavy (non-hydrogen) atoms. The molecule has 4 aliphatic heterocycles. The monoisotopic (exact) mass is 355 g/mol. The zero-order chi connectivity index (χ0) is 17.7. The highest BCUT2D eigenvalue weighted by Crippen LogP contribution is 2.28. The van der Waals surface area contributed by atoms with Gasteiger partial charge in [0.15, 0.2) is 11.4 Å². The number of hydrogen-bond donors (Lipinski definition) is 6. The number of carbonyl (C=O) groups is 5. The summed E-state index contributed by atoms with van der Waals surface area (Å²) in [6, 6.07) is -1.68. The minimum Gasteiger partial charge on any atom is -0.870 e. The number of nitrogens with two attached hydrogens (primary N) is 2. The summed E-state index contributed by atoms with van der Waals surface area (Å²) in [5, 5.41) is 10.5. The van der Waals surface area contributed by atoms with Gasteiger partial charge in [-0.3, -0.25) is 29.3 Å². The van der Waals surface area contributed by atoms with Gasteiger partial charge < -0.3 is 32.9 Å². The van der Waals surface area contributed by atoms with Crippen molar-refractivity contribution in [3.8, 4) is 0 Å². The zero-order valence-corrected chi connectivity index (χ0v) is 13.1. The second-order valence-electron chi connectivity index (χ2n) is 6.47. The predicted octanol–water partition coefficient (Wildman–Crippen LogP) is -4.86. The second-order valence-corrected chi connectivity index (χ2v) is 6.47. The van der Waals surface area contributed by atoms with Crippen molar-refractivity contribution in [2.75, 3.05) is 6.54 Å². The number of primary amides is 1. The number of hydrogen-bond acceptors (Lipinski definition) is 8. The molecule has 0 saturated carbocycles. The van der Waals surface area contributed by atoms with Crippen LogP contribution in [0.5, 0.6) is 0 Å². The molecule has 0 radical (unpaired) electrons. The van der Waals surface area contributed by atoms with E-state index in [1.54, 1.807) is 0 Å². The van der Waals surface area contributed by atoms with Crippen molar-refractivity contribution in [3.05, 3.63) is 0 Å². The Morgan fingerprint density at radius 2 is 1.72 bits per heavy atom. The van der Waals surface area contributed by atoms with E-state index in [4.69, 9.17) is 11.5 Å². The molecule has 4 atom stereocenters. The highest BCUT2D eigenvalue weighted by Gasteiger charge is 2.66. The first-order valence-electron chi connectivity index (χ1n) is 7.43. The first kappa shape index (κ1) is 18.8. The van der Waals surface area contributed by atoms with Gasteiger partial charge >= 0.3 is 0 Å². The molecule has 0 aromatic heterocycles. The van der Waals surface area contributed by atoms with E-state index >= 15 is 0 Å². The molecule has 0 aliphatic carbocycles. The fourth-order valence-corrected chi connectivity index (χ4v) is 3.19. The SMILES string of the molecule is NC(=O)C[C@@H]1NC2(NC2=O)C(N)C1=O.O=C1CC2(CN1)CC(=O)N2.[OH-]. The first-order chi connectivity index (χ1) is 11.2. The maximum absolute atomic E-state index is 11.5. The third-order valence-electron chi connectivity index (χ3n) is 4.56. The largest absolute Gasteiger partial charge is 0.870 e. The van der Waals surface area contributed by atoms with Crippen molar-refractivity contribution in [1.82, 2.24) is 21.3 Å². The fraction of sp³-hybridized carbons (Fsp3) is 0.615. The number of carbonyl (C=O) groups excluding carboxylic acids is 5. The van der Waals surface area contributed by atoms with Crippen LogP contribution in [-0.4, -0.2) is 64.7 Å². The molecule has 0 aromatic rings. The Bertz CT molecular complexity index is 657. The molecule has 3 unspecified atom stereocenters. The van der Waals surface area contributed by atoms with Crippen molar-refractivity contribution >= 4 is 29.4 Å². The number of Topliss-reactive ketones (excluding diaryl/α,β-unsaturated/α-hetero) is 1. The van der Waals surface area contributed by atoms with Gasteiger partial charge in [-0.1, -0.05) is 0 Å². The molecule has 0 bridgehead atoms. The molecule has 12 nitrogen and oxygen atoms in total. The summed E-state index contributed by atoms with van der Waals surface area (Å²) in [6.07, 6.45) is 0.827. The Labute approximate surface area is 141 Å². The molecule has 4 aliphatic rings. The second kappa shape index (κ2) is 6.06. The summed E-state index contributed by atoms with van der Waals surface area (Å²) >= 11 is 0. The molecule has 138 valence electrons. The van der Waals surface area contributed by atoms with E-state index in [0.29, 0.717) is 19.4 Å². The minimum atomic E-state index is -1.13. The van der Waals surface area contributed by atoms with Crippen molar-refractivity contribution in [2.24, 2.45) is 11.5 Å². The van der Waals surface area contributed by atoms with Crippen LogP contribution in [0, 0.1) is 0 Å². The van der Waals surface area contributed by atoms with Crippen molar-refractivity contribution in [2.45, 2.75) is 42.5 Å². The van der Waals surface area contributed by atoms with Crippen LogP contribution in [0.3, 0.4) is 0 Å². The lowest BCUT2D eigenvalue weighted by molar-refractivity contribution is -0.132. The van der Waals surface area contributed by atoms with E-state index in [9.17, 15) is 24.0 Å². The lowest BCUT2D eigenvalue weighted by atomic mass is 9.86. The van der Waals surface area contributed by atoms with Gasteiger partial charge in [-0.05, 0) is 0 Å². The molecule has 0 aromatic carbocycles. The van der Waals surface area contributed by atoms with E-state index < -0.39 is 23.7 Å². The van der Waals surface area contributed by atoms with E-state index in [1.165, 1.54) is 0 Å². The lowest BCUT2D eigenvalue weighted by Crippen LogP contribution is -2.62. The smallest absolute Gasteiger partial charge is 0.264 e. The summed E-state index contributed by atoms with van der Waals surface area (Å²) in [6.45, 7) is 0.609. The van der Waals surface area contributed by atoms with Gasteiger partial charge in [-0.2, -0.15) is 0 Å². The highest BCUT2D eigenvalue weighted by molar-refractivity contribution is 6.12. The third kappa shape index (κ3) is 3.18. The maximum atomic E-state index is 11.5. The Morgan fingerprint density at radius 1 is 1.12 bits per heavy atom. The molecular weight excluding hydrogens is 336 g/mol. The standard InChI is InChI=1S/C7H10N4O3.C6H8N2O2.H2O/c8-3(12)1-2-4(13)5(9)7(10-2)6(14)11-7;9-4-1-6(3-7-4)2-5(10)8-6;/h2,5,10H,1,9H2,(H2,8,12)(H,11,14);1-3H2,(H,7,9)(H,8,10);1H2/p-1/t2-,5?,7?;;/m0../s1. The van der Waals surface area contributed by atoms with Crippen LogP contribution in [-0.2, 0) is 24.0 Å². The minimum absolute atomic E-state index is 0. The highest BCUT2D eigenvalue weighted by atomic mass is 16.2. The average Bonchev–Trinajstić information content (AvgIpc) is 2.85. The first-order valence-corrected chi connectivity index (χ1v) is 7.43. The Hall–Kier alpha value is -2.57. The molecule has 9 N–H and O–H groups in total. The average molecular weight is 355 g/mol. The van der Waals surface area contributed by atoms with Crippen LogP contribution in [0.25, 0.3) is 0 Å². The summed E-state index contributed by atoms with van der Waals surface area (Å²) in [5.41, 5.74) is 9.15. The molecule has 4 fully saturated rings. The number of ketones is 1. The van der Waals surface area contributed by atoms with Crippen LogP contribution in [0.1, 0.15) is 19.3 Å². The van der Waals surface area contributed by atoms with Crippen molar-refractivity contribution < 1.29 is 29.4 Å². The van der Waals surface area contributed by atoms with Gasteiger partial charge in [-0.25, -0.2) is 0 Å². The molecule has 4 rings (SSSR count). The van der Waals surface area contributed by atoms with E-state index in [2.05, 4.69) is 21.3 Å². The molecular formula is C13H19N6O6-. The van der Waals surface area contributed by atoms with Gasteiger partial charge in [0, 0.05) is 13.0 Å². The topological polar surface area (TPSA) is 225 Å². The molecule has 4 saturated heterocycles. The van der Waals surface area contributed by atoms with Gasteiger partial charge in [-0.15, -0.1) is 0 Å². The van der Waals surface area contributed by atoms with Gasteiger partial charge in [0.05, 0.1) is 24.4 Å². The number of rotatable bonds is 2. The maximum Gasteiger partial charge on any atom is 0.264 e. The summed E-state index contributed by atoms with van der Waals surface area (Å²) in [5.74, 6) is -1.18. The van der Waals surface area contributed by atoms with Crippen LogP contribution in [0.15, 0.2) is 0 Å². The van der Waals surface area contributed by atoms with Gasteiger partial charge in [0.25, 0.3) is 5.91 Å². The Morgan fingerprint density at radius 3 is 2.08 bits per heavy atom. The molecule has 12 heteroatoms. The van der Waals surface area contributed by atoms with E-state index in [1.807, 2.05) is 0 Å². The quantitative estimate of drug-likeness (QED) is 0.207. The van der Waals surface area contributed by atoms with Crippen LogP contribution >= 0.6 is 0 Å². The van der Waals surface area contributed by atoms with Gasteiger partial charge in [0.1, 0.15) is 6.04 Å². The van der Waals surface area contributed by atoms with Crippen molar-refractivity contribution in [3.63, 3.8) is 0 Å². The number of nitrogens with one attached hydrogen (secondary N) is 4. The predicted molar refractivity (Wildman–Crippen MR) is 79.6 cm³/mol. The normalized spacial score (nSPS) is 37.3. The summed E-state index contributed by atoms with van der Waals surface area (Å²) in [4.78, 5) is 54.2. The molecule has 4 heterocycles. The van der Waals surface area contributed by atoms with Crippen LogP contribution in [0.2, 0.25) is 0 Å². The fourth-order valence-electron chi connectivity index (χ4n) is 3.19. The lowest BCUT2D eigenvalue weighted by Gasteiger charge is -2.36. The number of amides is 4. The van der Waals surface area contributed by atoms with Crippen LogP contribution in [0.4, 0.5) is 0 Å². The van der Waals surface area contributed by atoms with Gasteiger partial charge in [0.2, 0.25) is 17.7 Å². The third-order valence-corrected chi connectivity index (χ3v) is 4.56. The zero-order valence-electron chi connectivity index (χ0n) is 13.1.